The van der Waals surface area contributed by atoms with E-state index in [-0.39, 0.29) is 33.5 Å². The van der Waals surface area contributed by atoms with Crippen LogP contribution in [0.15, 0.2) is 36.4 Å². The van der Waals surface area contributed by atoms with Crippen LogP contribution in [0.2, 0.25) is 0 Å². The van der Waals surface area contributed by atoms with Crippen molar-refractivity contribution < 1.29 is 18.6 Å². The Kier molecular flexibility index (Phi) is 7.32. The Hall–Kier alpha value is -3.96. The van der Waals surface area contributed by atoms with Crippen LogP contribution in [0.1, 0.15) is 57.9 Å². The molecule has 228 valence electrons. The zero-order valence-electron chi connectivity index (χ0n) is 25.4. The van der Waals surface area contributed by atoms with Gasteiger partial charge in [-0.25, -0.2) is 8.78 Å². The molecule has 6 nitrogen and oxygen atoms in total. The van der Waals surface area contributed by atoms with Crippen LogP contribution in [-0.4, -0.2) is 58.5 Å². The van der Waals surface area contributed by atoms with Crippen molar-refractivity contribution >= 4 is 27.4 Å². The molecule has 4 aromatic rings. The molecule has 2 atom stereocenters. The fourth-order valence-corrected chi connectivity index (χ4v) is 7.84. The number of anilines is 1. The van der Waals surface area contributed by atoms with E-state index in [0.717, 1.165) is 57.5 Å². The van der Waals surface area contributed by atoms with Gasteiger partial charge in [-0.1, -0.05) is 25.8 Å². The molecule has 0 aliphatic carbocycles. The highest BCUT2D eigenvalue weighted by atomic mass is 19.1. The van der Waals surface area contributed by atoms with Crippen LogP contribution in [0.4, 0.5) is 14.5 Å². The quantitative estimate of drug-likeness (QED) is 0.244. The van der Waals surface area contributed by atoms with E-state index in [1.165, 1.54) is 37.1 Å². The number of phenols is 1. The Labute approximate surface area is 257 Å². The summed E-state index contributed by atoms with van der Waals surface area (Å²) < 4.78 is 38.2. The van der Waals surface area contributed by atoms with E-state index >= 15 is 4.39 Å². The van der Waals surface area contributed by atoms with Crippen LogP contribution in [0.5, 0.6) is 11.5 Å². The fraction of sp³-hybridized carbons (Fsp3) is 0.444. The third-order valence-electron chi connectivity index (χ3n) is 10.1. The predicted molar refractivity (Wildman–Crippen MR) is 170 cm³/mol. The molecule has 44 heavy (non-hydrogen) atoms. The smallest absolute Gasteiger partial charge is 0.161 e. The van der Waals surface area contributed by atoms with Gasteiger partial charge in [-0.2, -0.15) is 0 Å². The van der Waals surface area contributed by atoms with E-state index < -0.39 is 11.6 Å². The molecule has 3 aliphatic rings. The molecular formula is C36H38F2N4O2. The highest BCUT2D eigenvalue weighted by molar-refractivity contribution is 6.03. The summed E-state index contributed by atoms with van der Waals surface area (Å²) in [6.45, 7) is 8.91. The van der Waals surface area contributed by atoms with E-state index in [2.05, 4.69) is 39.8 Å². The van der Waals surface area contributed by atoms with E-state index in [0.29, 0.717) is 40.5 Å². The first kappa shape index (κ1) is 28.8. The van der Waals surface area contributed by atoms with Gasteiger partial charge in [-0.3, -0.25) is 4.90 Å². The number of fused-ring (bicyclic) bond motifs is 3. The van der Waals surface area contributed by atoms with Crippen molar-refractivity contribution in [3.05, 3.63) is 53.6 Å². The molecule has 0 spiro atoms. The molecule has 2 unspecified atom stereocenters. The molecule has 1 N–H and O–H groups in total. The van der Waals surface area contributed by atoms with Gasteiger partial charge in [0.15, 0.2) is 5.82 Å². The molecule has 8 heteroatoms. The second kappa shape index (κ2) is 11.2. The van der Waals surface area contributed by atoms with E-state index in [1.807, 2.05) is 6.07 Å². The maximum atomic E-state index is 16.9. The summed E-state index contributed by atoms with van der Waals surface area (Å²) in [5, 5.41) is 20.6. The third-order valence-corrected chi connectivity index (χ3v) is 10.1. The molecule has 0 saturated carbocycles. The van der Waals surface area contributed by atoms with Gasteiger partial charge in [0.25, 0.3) is 0 Å². The summed E-state index contributed by atoms with van der Waals surface area (Å²) in [7, 11) is 0. The number of rotatable bonds is 5. The Morgan fingerprint density at radius 3 is 2.45 bits per heavy atom. The second-order valence-electron chi connectivity index (χ2n) is 13.3. The predicted octanol–water partition coefficient (Wildman–Crippen LogP) is 7.29. The highest BCUT2D eigenvalue weighted by Crippen LogP contribution is 2.42. The van der Waals surface area contributed by atoms with Gasteiger partial charge in [0.05, 0.1) is 16.8 Å². The van der Waals surface area contributed by atoms with Crippen LogP contribution in [0.25, 0.3) is 32.9 Å². The molecule has 0 amide bonds. The van der Waals surface area contributed by atoms with Crippen LogP contribution in [-0.2, 0) is 0 Å². The number of ether oxygens (including phenoxy) is 1. The lowest BCUT2D eigenvalue weighted by atomic mass is 9.95. The maximum absolute atomic E-state index is 16.9. The van der Waals surface area contributed by atoms with Crippen molar-refractivity contribution in [3.63, 3.8) is 0 Å². The van der Waals surface area contributed by atoms with Crippen molar-refractivity contribution in [2.75, 3.05) is 37.7 Å². The van der Waals surface area contributed by atoms with Crippen LogP contribution in [0, 0.1) is 35.8 Å². The van der Waals surface area contributed by atoms with Crippen LogP contribution in [0.3, 0.4) is 0 Å². The number of hydrogen-bond acceptors (Lipinski definition) is 6. The number of aromatic nitrogens is 2. The summed E-state index contributed by atoms with van der Waals surface area (Å²) in [6, 6.07) is 9.33. The molecule has 0 radical (unpaired) electrons. The van der Waals surface area contributed by atoms with Gasteiger partial charge in [0.2, 0.25) is 0 Å². The lowest BCUT2D eigenvalue weighted by Crippen LogP contribution is -2.43. The summed E-state index contributed by atoms with van der Waals surface area (Å²) in [5.41, 5.74) is 1.37. The number of terminal acetylenes is 1. The Morgan fingerprint density at radius 2 is 1.75 bits per heavy atom. The Balaban J connectivity index is 1.40. The first-order valence-electron chi connectivity index (χ1n) is 15.8. The molecule has 3 aliphatic heterocycles. The summed E-state index contributed by atoms with van der Waals surface area (Å²) in [4.78, 5) is 4.85. The van der Waals surface area contributed by atoms with Crippen molar-refractivity contribution in [1.82, 2.24) is 15.1 Å². The van der Waals surface area contributed by atoms with E-state index in [4.69, 9.17) is 11.2 Å². The Bertz CT molecular complexity index is 1780. The van der Waals surface area contributed by atoms with Gasteiger partial charge in [-0.15, -0.1) is 16.6 Å². The lowest BCUT2D eigenvalue weighted by molar-refractivity contribution is 0.114. The molecule has 0 bridgehead atoms. The lowest BCUT2D eigenvalue weighted by Gasteiger charge is -2.32. The van der Waals surface area contributed by atoms with Crippen LogP contribution < -0.4 is 9.64 Å². The first-order valence-corrected chi connectivity index (χ1v) is 15.8. The summed E-state index contributed by atoms with van der Waals surface area (Å²) in [5.74, 6) is 2.62. The number of aromatic hydroxyl groups is 1. The number of benzene rings is 3. The first-order chi connectivity index (χ1) is 21.3. The maximum Gasteiger partial charge on any atom is 0.161 e. The van der Waals surface area contributed by atoms with Crippen LogP contribution >= 0.6 is 0 Å². The molecule has 7 rings (SSSR count). The monoisotopic (exact) mass is 596 g/mol. The summed E-state index contributed by atoms with van der Waals surface area (Å²) in [6.07, 6.45) is 12.5. The topological polar surface area (TPSA) is 61.7 Å². The third kappa shape index (κ3) is 4.92. The molecule has 3 saturated heterocycles. The summed E-state index contributed by atoms with van der Waals surface area (Å²) >= 11 is 0. The number of phenolic OH excluding ortho intramolecular Hbond substituents is 1. The SMILES string of the molecule is C#Cc1c(F)ccc2cc(O)cc(-c3nnc4c(N5CC(C)CCC(C)C5)cc(OCC56CCCN5CCC6)cc4c3F)c12. The van der Waals surface area contributed by atoms with Crippen molar-refractivity contribution in [1.29, 1.82) is 0 Å². The zero-order chi connectivity index (χ0) is 30.6. The van der Waals surface area contributed by atoms with E-state index in [1.54, 1.807) is 6.07 Å². The highest BCUT2D eigenvalue weighted by Gasteiger charge is 2.45. The molecule has 3 aromatic carbocycles. The minimum absolute atomic E-state index is 0.0129. The zero-order valence-corrected chi connectivity index (χ0v) is 25.4. The fourth-order valence-electron chi connectivity index (χ4n) is 7.84. The van der Waals surface area contributed by atoms with Crippen molar-refractivity contribution in [2.24, 2.45) is 11.8 Å². The van der Waals surface area contributed by atoms with Gasteiger partial charge >= 0.3 is 0 Å². The Morgan fingerprint density at radius 1 is 1.02 bits per heavy atom. The average Bonchev–Trinajstić information content (AvgIpc) is 3.54. The van der Waals surface area contributed by atoms with Crippen molar-refractivity contribution in [3.8, 4) is 35.1 Å². The largest absolute Gasteiger partial charge is 0.508 e. The molecule has 3 fully saturated rings. The van der Waals surface area contributed by atoms with Gasteiger partial charge in [0.1, 0.15) is 35.1 Å². The molecule has 4 heterocycles. The average molecular weight is 597 g/mol. The normalized spacial score (nSPS) is 21.8. The van der Waals surface area contributed by atoms with Gasteiger partial charge in [0, 0.05) is 35.5 Å². The number of nitrogens with zero attached hydrogens (tertiary/aromatic N) is 4. The molecule has 1 aromatic heterocycles. The second-order valence-corrected chi connectivity index (χ2v) is 13.3. The van der Waals surface area contributed by atoms with Gasteiger partial charge in [-0.05, 0) is 93.1 Å². The van der Waals surface area contributed by atoms with Gasteiger partial charge < -0.3 is 14.7 Å². The number of hydrogen-bond donors (Lipinski definition) is 1. The minimum atomic E-state index is -0.613. The molecular weight excluding hydrogens is 558 g/mol. The number of halogens is 2. The standard InChI is InChI=1S/C36H38F2N4O2/c1-4-27-30(37)10-9-24-15-25(43)16-28(32(24)27)35-33(38)29-17-26(44-21-36-11-5-13-42(36)14-6-12-36)18-31(34(29)39-40-35)41-19-22(2)7-8-23(3)20-41/h1,9-10,15-18,22-23,43H,5-8,11-14,19-21H2,2-3H3. The van der Waals surface area contributed by atoms with E-state index in [9.17, 15) is 9.50 Å². The minimum Gasteiger partial charge on any atom is -0.508 e. The van der Waals surface area contributed by atoms with Crippen molar-refractivity contribution in [2.45, 2.75) is 57.9 Å².